The van der Waals surface area contributed by atoms with Crippen molar-refractivity contribution in [3.63, 3.8) is 0 Å². The van der Waals surface area contributed by atoms with Crippen LogP contribution in [0.2, 0.25) is 0 Å². The summed E-state index contributed by atoms with van der Waals surface area (Å²) < 4.78 is 2.35. The van der Waals surface area contributed by atoms with E-state index in [0.717, 1.165) is 41.8 Å². The lowest BCUT2D eigenvalue weighted by Gasteiger charge is -2.26. The average molecular weight is 560 g/mol. The minimum Gasteiger partial charge on any atom is -0.344 e. The molecule has 40 heavy (non-hydrogen) atoms. The van der Waals surface area contributed by atoms with Crippen LogP contribution in [0.25, 0.3) is 11.0 Å². The third-order valence-electron chi connectivity index (χ3n) is 7.36. The predicted octanol–water partition coefficient (Wildman–Crippen LogP) is 6.29. The fraction of sp³-hybridized carbons (Fsp3) is 0.438. The number of rotatable bonds is 13. The van der Waals surface area contributed by atoms with Gasteiger partial charge in [-0.1, -0.05) is 39.8 Å². The molecule has 3 aromatic heterocycles. The van der Waals surface area contributed by atoms with Crippen molar-refractivity contribution in [3.05, 3.63) is 82.1 Å². The van der Waals surface area contributed by atoms with Gasteiger partial charge in [0.25, 0.3) is 5.91 Å². The van der Waals surface area contributed by atoms with Gasteiger partial charge in [0.1, 0.15) is 11.9 Å². The van der Waals surface area contributed by atoms with E-state index in [1.807, 2.05) is 36.4 Å². The summed E-state index contributed by atoms with van der Waals surface area (Å²) in [7, 11) is 1.79. The second-order valence-corrected chi connectivity index (χ2v) is 11.8. The quantitative estimate of drug-likeness (QED) is 0.209. The Morgan fingerprint density at radius 1 is 1.07 bits per heavy atom. The number of pyridine rings is 1. The van der Waals surface area contributed by atoms with Crippen molar-refractivity contribution in [2.45, 2.75) is 71.9 Å². The van der Waals surface area contributed by atoms with Crippen molar-refractivity contribution in [1.82, 2.24) is 24.8 Å². The first kappa shape index (κ1) is 29.5. The fourth-order valence-electron chi connectivity index (χ4n) is 5.18. The number of benzene rings is 1. The molecule has 0 aliphatic carbocycles. The van der Waals surface area contributed by atoms with Crippen LogP contribution in [0.15, 0.2) is 60.1 Å². The number of fused-ring (bicyclic) bond motifs is 1. The zero-order chi connectivity index (χ0) is 28.6. The van der Waals surface area contributed by atoms with Gasteiger partial charge in [-0.3, -0.25) is 14.6 Å². The summed E-state index contributed by atoms with van der Waals surface area (Å²) >= 11 is 1.73. The zero-order valence-electron chi connectivity index (χ0n) is 24.3. The Morgan fingerprint density at radius 2 is 1.88 bits per heavy atom. The smallest absolute Gasteiger partial charge is 0.252 e. The number of hydrogen-bond donors (Lipinski definition) is 1. The number of carbonyl (C=O) groups is 2. The molecular weight excluding hydrogens is 518 g/mol. The number of aromatic nitrogens is 3. The summed E-state index contributed by atoms with van der Waals surface area (Å²) in [5.74, 6) is 0.925. The molecule has 0 bridgehead atoms. The summed E-state index contributed by atoms with van der Waals surface area (Å²) in [6.45, 7) is 9.07. The molecule has 3 heterocycles. The van der Waals surface area contributed by atoms with E-state index in [0.29, 0.717) is 31.0 Å². The number of amides is 2. The lowest BCUT2D eigenvalue weighted by atomic mass is 10.0. The fourth-order valence-corrected chi connectivity index (χ4v) is 5.89. The number of nitrogens with zero attached hydrogens (tertiary/aromatic N) is 4. The van der Waals surface area contributed by atoms with E-state index in [9.17, 15) is 9.59 Å². The molecule has 1 atom stereocenters. The highest BCUT2D eigenvalue weighted by Crippen LogP contribution is 2.28. The van der Waals surface area contributed by atoms with E-state index >= 15 is 0 Å². The van der Waals surface area contributed by atoms with Gasteiger partial charge in [0.05, 0.1) is 11.0 Å². The Balaban J connectivity index is 1.54. The Morgan fingerprint density at radius 3 is 2.52 bits per heavy atom. The molecule has 8 heteroatoms. The van der Waals surface area contributed by atoms with Crippen LogP contribution < -0.4 is 5.32 Å². The third kappa shape index (κ3) is 7.16. The summed E-state index contributed by atoms with van der Waals surface area (Å²) in [4.78, 5) is 39.2. The summed E-state index contributed by atoms with van der Waals surface area (Å²) in [5, 5.41) is 5.12. The van der Waals surface area contributed by atoms with Gasteiger partial charge in [-0.25, -0.2) is 4.98 Å². The number of imidazole rings is 1. The summed E-state index contributed by atoms with van der Waals surface area (Å²) in [6, 6.07) is 15.5. The Hall–Kier alpha value is -3.52. The Labute approximate surface area is 241 Å². The SMILES string of the molecule is CCC(CC)n1c(Cc2cccs2)nc2cc(C(=O)N[C@@H](CC(C)C)C(=O)N(C)CCc3ccccn3)ccc21. The molecule has 0 aliphatic heterocycles. The summed E-state index contributed by atoms with van der Waals surface area (Å²) in [5.41, 5.74) is 3.31. The zero-order valence-corrected chi connectivity index (χ0v) is 25.1. The molecule has 1 aromatic carbocycles. The van der Waals surface area contributed by atoms with Crippen LogP contribution in [0.1, 0.15) is 79.8 Å². The lowest BCUT2D eigenvalue weighted by Crippen LogP contribution is -2.48. The first-order chi connectivity index (χ1) is 19.3. The summed E-state index contributed by atoms with van der Waals surface area (Å²) in [6.07, 6.45) is 5.77. The topological polar surface area (TPSA) is 80.1 Å². The predicted molar refractivity (Wildman–Crippen MR) is 163 cm³/mol. The Kier molecular flexibility index (Phi) is 10.1. The van der Waals surface area contributed by atoms with Gasteiger partial charge in [0.15, 0.2) is 0 Å². The first-order valence-corrected chi connectivity index (χ1v) is 15.2. The van der Waals surface area contributed by atoms with E-state index in [2.05, 4.69) is 60.1 Å². The maximum absolute atomic E-state index is 13.5. The molecule has 0 saturated carbocycles. The van der Waals surface area contributed by atoms with Gasteiger partial charge >= 0.3 is 0 Å². The van der Waals surface area contributed by atoms with Crippen LogP contribution in [0.4, 0.5) is 0 Å². The molecule has 0 spiro atoms. The molecule has 0 saturated heterocycles. The van der Waals surface area contributed by atoms with Crippen molar-refractivity contribution < 1.29 is 9.59 Å². The van der Waals surface area contributed by atoms with Crippen molar-refractivity contribution >= 4 is 34.2 Å². The average Bonchev–Trinajstić information content (AvgIpc) is 3.59. The molecule has 4 rings (SSSR count). The molecule has 0 radical (unpaired) electrons. The van der Waals surface area contributed by atoms with Gasteiger partial charge in [0, 0.05) is 54.8 Å². The lowest BCUT2D eigenvalue weighted by molar-refractivity contribution is -0.132. The van der Waals surface area contributed by atoms with E-state index in [4.69, 9.17) is 4.98 Å². The number of hydrogen-bond acceptors (Lipinski definition) is 5. The molecular formula is C32H41N5O2S. The molecule has 212 valence electrons. The number of nitrogens with one attached hydrogen (secondary N) is 1. The monoisotopic (exact) mass is 559 g/mol. The minimum absolute atomic E-state index is 0.0877. The highest BCUT2D eigenvalue weighted by atomic mass is 32.1. The van der Waals surface area contributed by atoms with Crippen molar-refractivity contribution in [2.24, 2.45) is 5.92 Å². The van der Waals surface area contributed by atoms with Crippen molar-refractivity contribution in [2.75, 3.05) is 13.6 Å². The largest absolute Gasteiger partial charge is 0.344 e. The standard InChI is InChI=1S/C32H41N5O2S/c1-6-25(7-2)37-29-14-13-23(20-27(29)34-30(37)21-26-12-10-18-40-26)31(38)35-28(19-22(3)4)32(39)36(5)17-15-24-11-8-9-16-33-24/h8-14,16,18,20,22,25,28H,6-7,15,17,19,21H2,1-5H3,(H,35,38)/t28-/m0/s1. The van der Waals surface area contributed by atoms with Crippen LogP contribution in [0, 0.1) is 5.92 Å². The first-order valence-electron chi connectivity index (χ1n) is 14.3. The van der Waals surface area contributed by atoms with Crippen LogP contribution in [0.3, 0.4) is 0 Å². The second-order valence-electron chi connectivity index (χ2n) is 10.8. The number of carbonyl (C=O) groups excluding carboxylic acids is 2. The van der Waals surface area contributed by atoms with Gasteiger partial charge < -0.3 is 14.8 Å². The van der Waals surface area contributed by atoms with E-state index in [1.165, 1.54) is 4.88 Å². The second kappa shape index (κ2) is 13.7. The molecule has 0 unspecified atom stereocenters. The van der Waals surface area contributed by atoms with E-state index < -0.39 is 6.04 Å². The van der Waals surface area contributed by atoms with Gasteiger partial charge in [-0.2, -0.15) is 0 Å². The van der Waals surface area contributed by atoms with Gasteiger partial charge in [-0.15, -0.1) is 11.3 Å². The van der Waals surface area contributed by atoms with Gasteiger partial charge in [0.2, 0.25) is 5.91 Å². The highest BCUT2D eigenvalue weighted by molar-refractivity contribution is 7.09. The number of thiophene rings is 1. The van der Waals surface area contributed by atoms with E-state index in [-0.39, 0.29) is 17.7 Å². The van der Waals surface area contributed by atoms with Crippen LogP contribution >= 0.6 is 11.3 Å². The molecule has 2 amide bonds. The molecule has 4 aromatic rings. The highest BCUT2D eigenvalue weighted by Gasteiger charge is 2.26. The third-order valence-corrected chi connectivity index (χ3v) is 8.24. The van der Waals surface area contributed by atoms with Crippen LogP contribution in [-0.4, -0.2) is 50.9 Å². The van der Waals surface area contributed by atoms with Crippen LogP contribution in [-0.2, 0) is 17.6 Å². The van der Waals surface area contributed by atoms with Crippen LogP contribution in [0.5, 0.6) is 0 Å². The van der Waals surface area contributed by atoms with Crippen molar-refractivity contribution in [3.8, 4) is 0 Å². The van der Waals surface area contributed by atoms with Crippen molar-refractivity contribution in [1.29, 1.82) is 0 Å². The van der Waals surface area contributed by atoms with Gasteiger partial charge in [-0.05, 0) is 67.0 Å². The maximum atomic E-state index is 13.5. The molecule has 7 nitrogen and oxygen atoms in total. The molecule has 0 fully saturated rings. The molecule has 1 N–H and O–H groups in total. The molecule has 0 aliphatic rings. The number of likely N-dealkylation sites (N-methyl/N-ethyl adjacent to an activating group) is 1. The Bertz CT molecular complexity index is 1390. The van der Waals surface area contributed by atoms with E-state index in [1.54, 1.807) is 29.5 Å². The maximum Gasteiger partial charge on any atom is 0.252 e. The normalized spacial score (nSPS) is 12.3. The minimum atomic E-state index is -0.603.